The van der Waals surface area contributed by atoms with Gasteiger partial charge in [-0.05, 0) is 44.0 Å². The number of benzene rings is 1. The quantitative estimate of drug-likeness (QED) is 0.827. The molecule has 0 spiro atoms. The minimum absolute atomic E-state index is 0.314. The van der Waals surface area contributed by atoms with Gasteiger partial charge in [-0.25, -0.2) is 4.79 Å². The van der Waals surface area contributed by atoms with Crippen LogP contribution in [-0.2, 0) is 0 Å². The van der Waals surface area contributed by atoms with Gasteiger partial charge in [-0.1, -0.05) is 30.6 Å². The van der Waals surface area contributed by atoms with Crippen LogP contribution in [0.2, 0.25) is 0 Å². The van der Waals surface area contributed by atoms with Crippen LogP contribution < -0.4 is 15.4 Å². The summed E-state index contributed by atoms with van der Waals surface area (Å²) in [6.07, 6.45) is 6.17. The van der Waals surface area contributed by atoms with Gasteiger partial charge >= 0.3 is 6.03 Å². The molecule has 2 amide bonds. The minimum atomic E-state index is -0.314. The molecule has 1 aliphatic rings. The molecule has 3 rings (SSSR count). The first-order chi connectivity index (χ1) is 11.7. The van der Waals surface area contributed by atoms with Gasteiger partial charge in [-0.15, -0.1) is 10.2 Å². The number of aromatic nitrogens is 2. The average Bonchev–Trinajstić information content (AvgIpc) is 3.06. The fraction of sp³-hybridized carbons (Fsp3) is 0.471. The first-order valence-electron chi connectivity index (χ1n) is 8.39. The number of amides is 2. The Balaban J connectivity index is 1.53. The van der Waals surface area contributed by atoms with E-state index in [1.165, 1.54) is 43.4 Å². The van der Waals surface area contributed by atoms with E-state index in [9.17, 15) is 4.79 Å². The van der Waals surface area contributed by atoms with Crippen LogP contribution >= 0.6 is 11.3 Å². The first-order valence-corrected chi connectivity index (χ1v) is 9.20. The number of anilines is 2. The predicted molar refractivity (Wildman–Crippen MR) is 96.0 cm³/mol. The smallest absolute Gasteiger partial charge is 0.325 e. The van der Waals surface area contributed by atoms with Crippen LogP contribution in [0.3, 0.4) is 0 Å². The van der Waals surface area contributed by atoms with Crippen molar-refractivity contribution in [2.24, 2.45) is 0 Å². The second-order valence-electron chi connectivity index (χ2n) is 5.82. The van der Waals surface area contributed by atoms with Crippen molar-refractivity contribution in [2.75, 3.05) is 17.2 Å². The molecule has 7 heteroatoms. The molecule has 0 saturated heterocycles. The van der Waals surface area contributed by atoms with Gasteiger partial charge in [0.2, 0.25) is 5.13 Å². The summed E-state index contributed by atoms with van der Waals surface area (Å²) in [6.45, 7) is 2.55. The Kier molecular flexibility index (Phi) is 5.63. The summed E-state index contributed by atoms with van der Waals surface area (Å²) < 4.78 is 5.38. The van der Waals surface area contributed by atoms with Crippen LogP contribution in [0, 0.1) is 0 Å². The highest BCUT2D eigenvalue weighted by molar-refractivity contribution is 7.15. The Labute approximate surface area is 145 Å². The van der Waals surface area contributed by atoms with Crippen molar-refractivity contribution in [1.82, 2.24) is 10.2 Å². The SMILES string of the molecule is CCOc1ccc(NC(=O)Nc2nnc(C3CCCCC3)s2)cc1. The van der Waals surface area contributed by atoms with Crippen LogP contribution in [0.5, 0.6) is 5.75 Å². The van der Waals surface area contributed by atoms with E-state index in [1.807, 2.05) is 19.1 Å². The number of nitrogens with zero attached hydrogens (tertiary/aromatic N) is 2. The molecule has 1 aliphatic carbocycles. The van der Waals surface area contributed by atoms with Gasteiger partial charge in [0.25, 0.3) is 0 Å². The fourth-order valence-corrected chi connectivity index (χ4v) is 3.77. The zero-order valence-electron chi connectivity index (χ0n) is 13.7. The highest BCUT2D eigenvalue weighted by atomic mass is 32.1. The number of ether oxygens (including phenoxy) is 1. The van der Waals surface area contributed by atoms with Gasteiger partial charge < -0.3 is 10.1 Å². The summed E-state index contributed by atoms with van der Waals surface area (Å²) in [5.41, 5.74) is 0.702. The summed E-state index contributed by atoms with van der Waals surface area (Å²) >= 11 is 1.47. The van der Waals surface area contributed by atoms with E-state index in [1.54, 1.807) is 12.1 Å². The molecule has 0 aliphatic heterocycles. The van der Waals surface area contributed by atoms with E-state index in [0.29, 0.717) is 23.3 Å². The second-order valence-corrected chi connectivity index (χ2v) is 6.83. The monoisotopic (exact) mass is 346 g/mol. The largest absolute Gasteiger partial charge is 0.494 e. The molecule has 0 bridgehead atoms. The molecule has 128 valence electrons. The van der Waals surface area contributed by atoms with Crippen LogP contribution in [0.15, 0.2) is 24.3 Å². The number of carbonyl (C=O) groups is 1. The van der Waals surface area contributed by atoms with Crippen molar-refractivity contribution in [3.8, 4) is 5.75 Å². The number of hydrogen-bond donors (Lipinski definition) is 2. The first kappa shape index (κ1) is 16.7. The lowest BCUT2D eigenvalue weighted by molar-refractivity contribution is 0.262. The molecule has 1 aromatic carbocycles. The van der Waals surface area contributed by atoms with Gasteiger partial charge in [-0.2, -0.15) is 0 Å². The number of nitrogens with one attached hydrogen (secondary N) is 2. The molecule has 1 fully saturated rings. The highest BCUT2D eigenvalue weighted by Crippen LogP contribution is 2.35. The van der Waals surface area contributed by atoms with Gasteiger partial charge in [0, 0.05) is 11.6 Å². The van der Waals surface area contributed by atoms with Gasteiger partial charge in [-0.3, -0.25) is 5.32 Å². The Morgan fingerprint density at radius 1 is 1.17 bits per heavy atom. The zero-order valence-corrected chi connectivity index (χ0v) is 14.6. The summed E-state index contributed by atoms with van der Waals surface area (Å²) in [7, 11) is 0. The lowest BCUT2D eigenvalue weighted by Gasteiger charge is -2.18. The third-order valence-electron chi connectivity index (χ3n) is 4.04. The highest BCUT2D eigenvalue weighted by Gasteiger charge is 2.20. The van der Waals surface area contributed by atoms with Gasteiger partial charge in [0.05, 0.1) is 6.61 Å². The van der Waals surface area contributed by atoms with Crippen molar-refractivity contribution < 1.29 is 9.53 Å². The third kappa shape index (κ3) is 4.44. The summed E-state index contributed by atoms with van der Waals surface area (Å²) in [5, 5.41) is 15.4. The average molecular weight is 346 g/mol. The maximum absolute atomic E-state index is 12.1. The number of carbonyl (C=O) groups excluding carboxylic acids is 1. The number of rotatable bonds is 5. The Hall–Kier alpha value is -2.15. The maximum atomic E-state index is 12.1. The Morgan fingerprint density at radius 3 is 2.62 bits per heavy atom. The molecule has 6 nitrogen and oxygen atoms in total. The van der Waals surface area contributed by atoms with Crippen LogP contribution in [-0.4, -0.2) is 22.8 Å². The van der Waals surface area contributed by atoms with Gasteiger partial charge in [0.15, 0.2) is 0 Å². The Morgan fingerprint density at radius 2 is 1.92 bits per heavy atom. The lowest BCUT2D eigenvalue weighted by atomic mass is 9.90. The summed E-state index contributed by atoms with van der Waals surface area (Å²) in [4.78, 5) is 12.1. The van der Waals surface area contributed by atoms with E-state index < -0.39 is 0 Å². The Bertz CT molecular complexity index is 665. The predicted octanol–water partition coefficient (Wildman–Crippen LogP) is 4.63. The third-order valence-corrected chi connectivity index (χ3v) is 5.04. The van der Waals surface area contributed by atoms with Gasteiger partial charge in [0.1, 0.15) is 10.8 Å². The molecule has 0 unspecified atom stereocenters. The molecule has 1 heterocycles. The second kappa shape index (κ2) is 8.10. The van der Waals surface area contributed by atoms with E-state index in [0.717, 1.165) is 10.8 Å². The fourth-order valence-electron chi connectivity index (χ4n) is 2.86. The van der Waals surface area contributed by atoms with Crippen LogP contribution in [0.4, 0.5) is 15.6 Å². The van der Waals surface area contributed by atoms with E-state index in [-0.39, 0.29) is 6.03 Å². The van der Waals surface area contributed by atoms with Crippen molar-refractivity contribution in [3.63, 3.8) is 0 Å². The van der Waals surface area contributed by atoms with Crippen molar-refractivity contribution >= 4 is 28.2 Å². The zero-order chi connectivity index (χ0) is 16.8. The normalized spacial score (nSPS) is 15.0. The maximum Gasteiger partial charge on any atom is 0.325 e. The molecule has 0 atom stereocenters. The molecular weight excluding hydrogens is 324 g/mol. The van der Waals surface area contributed by atoms with E-state index in [2.05, 4.69) is 20.8 Å². The molecule has 1 aromatic heterocycles. The molecule has 2 aromatic rings. The summed E-state index contributed by atoms with van der Waals surface area (Å²) in [5.74, 6) is 1.28. The lowest BCUT2D eigenvalue weighted by Crippen LogP contribution is -2.19. The van der Waals surface area contributed by atoms with Crippen LogP contribution in [0.1, 0.15) is 50.0 Å². The van der Waals surface area contributed by atoms with Crippen molar-refractivity contribution in [3.05, 3.63) is 29.3 Å². The van der Waals surface area contributed by atoms with E-state index >= 15 is 0 Å². The van der Waals surface area contributed by atoms with E-state index in [4.69, 9.17) is 4.74 Å². The van der Waals surface area contributed by atoms with Crippen molar-refractivity contribution in [2.45, 2.75) is 44.9 Å². The molecule has 0 radical (unpaired) electrons. The molecule has 2 N–H and O–H groups in total. The van der Waals surface area contributed by atoms with Crippen LogP contribution in [0.25, 0.3) is 0 Å². The molecular formula is C17H22N4O2S. The topological polar surface area (TPSA) is 76.1 Å². The molecule has 24 heavy (non-hydrogen) atoms. The number of hydrogen-bond acceptors (Lipinski definition) is 5. The summed E-state index contributed by atoms with van der Waals surface area (Å²) in [6, 6.07) is 6.94. The minimum Gasteiger partial charge on any atom is -0.494 e. The standard InChI is InChI=1S/C17H22N4O2S/c1-2-23-14-10-8-13(9-11-14)18-16(22)19-17-21-20-15(24-17)12-6-4-3-5-7-12/h8-12H,2-7H2,1H3,(H2,18,19,21,22). The van der Waals surface area contributed by atoms with Crippen molar-refractivity contribution in [1.29, 1.82) is 0 Å². The number of urea groups is 1. The molecule has 1 saturated carbocycles.